The number of esters is 1. The van der Waals surface area contributed by atoms with E-state index in [1.54, 1.807) is 0 Å². The van der Waals surface area contributed by atoms with Crippen molar-refractivity contribution in [3.8, 4) is 0 Å². The second-order valence-corrected chi connectivity index (χ2v) is 3.91. The SMILES string of the molecule is C=CCOC(=O)C(C)O.OCCCc1ccccc1. The summed E-state index contributed by atoms with van der Waals surface area (Å²) in [7, 11) is 0. The highest BCUT2D eigenvalue weighted by atomic mass is 16.5. The molecule has 1 atom stereocenters. The van der Waals surface area contributed by atoms with Crippen LogP contribution in [0.5, 0.6) is 0 Å². The molecule has 0 radical (unpaired) electrons. The average Bonchev–Trinajstić information content (AvgIpc) is 2.44. The Morgan fingerprint density at radius 3 is 2.53 bits per heavy atom. The average molecular weight is 266 g/mol. The molecule has 106 valence electrons. The van der Waals surface area contributed by atoms with Gasteiger partial charge in [-0.05, 0) is 25.3 Å². The topological polar surface area (TPSA) is 66.8 Å². The summed E-state index contributed by atoms with van der Waals surface area (Å²) in [6.07, 6.45) is 2.26. The maximum absolute atomic E-state index is 10.4. The second-order valence-electron chi connectivity index (χ2n) is 3.91. The Balaban J connectivity index is 0.000000344. The number of ether oxygens (including phenoxy) is 1. The molecule has 2 N–H and O–H groups in total. The van der Waals surface area contributed by atoms with E-state index >= 15 is 0 Å². The van der Waals surface area contributed by atoms with Gasteiger partial charge in [0.15, 0.2) is 0 Å². The Hall–Kier alpha value is -1.65. The molecule has 0 aliphatic heterocycles. The summed E-state index contributed by atoms with van der Waals surface area (Å²) in [4.78, 5) is 10.4. The Labute approximate surface area is 114 Å². The molecule has 1 aromatic carbocycles. The molecular formula is C15H22O4. The maximum atomic E-state index is 10.4. The molecule has 0 aliphatic carbocycles. The molecule has 4 heteroatoms. The van der Waals surface area contributed by atoms with Gasteiger partial charge in [0.25, 0.3) is 0 Å². The van der Waals surface area contributed by atoms with Crippen molar-refractivity contribution in [3.63, 3.8) is 0 Å². The third-order valence-electron chi connectivity index (χ3n) is 2.15. The largest absolute Gasteiger partial charge is 0.460 e. The van der Waals surface area contributed by atoms with Gasteiger partial charge in [0.1, 0.15) is 12.7 Å². The molecule has 19 heavy (non-hydrogen) atoms. The zero-order valence-corrected chi connectivity index (χ0v) is 11.3. The number of benzene rings is 1. The van der Waals surface area contributed by atoms with E-state index in [2.05, 4.69) is 23.4 Å². The van der Waals surface area contributed by atoms with Gasteiger partial charge >= 0.3 is 5.97 Å². The standard InChI is InChI=1S/C9H12O.C6H10O3/c10-8-4-7-9-5-2-1-3-6-9;1-3-4-9-6(8)5(2)7/h1-3,5-6,10H,4,7-8H2;3,5,7H,1,4H2,2H3. The van der Waals surface area contributed by atoms with Crippen LogP contribution in [0.4, 0.5) is 0 Å². The molecule has 0 aromatic heterocycles. The van der Waals surface area contributed by atoms with Crippen LogP contribution >= 0.6 is 0 Å². The highest BCUT2D eigenvalue weighted by molar-refractivity contribution is 5.73. The maximum Gasteiger partial charge on any atom is 0.334 e. The van der Waals surface area contributed by atoms with E-state index in [0.29, 0.717) is 0 Å². The Morgan fingerprint density at radius 2 is 2.05 bits per heavy atom. The van der Waals surface area contributed by atoms with Gasteiger partial charge in [0.2, 0.25) is 0 Å². The fourth-order valence-electron chi connectivity index (χ4n) is 1.19. The van der Waals surface area contributed by atoms with E-state index < -0.39 is 12.1 Å². The predicted molar refractivity (Wildman–Crippen MR) is 74.7 cm³/mol. The number of aliphatic hydroxyl groups excluding tert-OH is 2. The molecule has 0 amide bonds. The quantitative estimate of drug-likeness (QED) is 0.607. The summed E-state index contributed by atoms with van der Waals surface area (Å²) < 4.78 is 4.45. The van der Waals surface area contributed by atoms with E-state index in [9.17, 15) is 4.79 Å². The van der Waals surface area contributed by atoms with E-state index in [4.69, 9.17) is 10.2 Å². The normalized spacial score (nSPS) is 10.9. The monoisotopic (exact) mass is 266 g/mol. The van der Waals surface area contributed by atoms with Crippen molar-refractivity contribution in [1.82, 2.24) is 0 Å². The highest BCUT2D eigenvalue weighted by Crippen LogP contribution is 2.00. The Morgan fingerprint density at radius 1 is 1.42 bits per heavy atom. The first kappa shape index (κ1) is 17.4. The van der Waals surface area contributed by atoms with Gasteiger partial charge in [-0.15, -0.1) is 0 Å². The smallest absolute Gasteiger partial charge is 0.334 e. The Kier molecular flexibility index (Phi) is 10.4. The molecule has 0 heterocycles. The summed E-state index contributed by atoms with van der Waals surface area (Å²) in [6.45, 7) is 5.13. The number of hydrogen-bond acceptors (Lipinski definition) is 4. The minimum absolute atomic E-state index is 0.156. The minimum Gasteiger partial charge on any atom is -0.460 e. The van der Waals surface area contributed by atoms with Crippen LogP contribution in [0, 0.1) is 0 Å². The van der Waals surface area contributed by atoms with Crippen LogP contribution in [-0.2, 0) is 16.0 Å². The fraction of sp³-hybridized carbons (Fsp3) is 0.400. The van der Waals surface area contributed by atoms with Gasteiger partial charge in [-0.3, -0.25) is 0 Å². The molecule has 0 aliphatic rings. The van der Waals surface area contributed by atoms with E-state index in [0.717, 1.165) is 12.8 Å². The number of hydrogen-bond donors (Lipinski definition) is 2. The van der Waals surface area contributed by atoms with Gasteiger partial charge in [0, 0.05) is 6.61 Å². The molecule has 0 bridgehead atoms. The minimum atomic E-state index is -1.04. The van der Waals surface area contributed by atoms with E-state index in [-0.39, 0.29) is 13.2 Å². The van der Waals surface area contributed by atoms with Gasteiger partial charge in [-0.1, -0.05) is 43.0 Å². The van der Waals surface area contributed by atoms with Crippen molar-refractivity contribution in [2.45, 2.75) is 25.9 Å². The lowest BCUT2D eigenvalue weighted by Crippen LogP contribution is -2.19. The molecular weight excluding hydrogens is 244 g/mol. The number of carbonyl (C=O) groups is 1. The van der Waals surface area contributed by atoms with Crippen LogP contribution < -0.4 is 0 Å². The van der Waals surface area contributed by atoms with E-state index in [1.165, 1.54) is 18.6 Å². The zero-order chi connectivity index (χ0) is 14.5. The summed E-state index contributed by atoms with van der Waals surface area (Å²) in [5, 5.41) is 17.1. The molecule has 0 saturated heterocycles. The predicted octanol–water partition coefficient (Wildman–Crippen LogP) is 1.71. The van der Waals surface area contributed by atoms with Crippen molar-refractivity contribution in [1.29, 1.82) is 0 Å². The first-order chi connectivity index (χ1) is 9.11. The van der Waals surface area contributed by atoms with Gasteiger partial charge in [-0.2, -0.15) is 0 Å². The number of aryl methyl sites for hydroxylation is 1. The fourth-order valence-corrected chi connectivity index (χ4v) is 1.19. The van der Waals surface area contributed by atoms with Crippen molar-refractivity contribution >= 4 is 5.97 Å². The summed E-state index contributed by atoms with van der Waals surface area (Å²) in [5.41, 5.74) is 1.30. The van der Waals surface area contributed by atoms with Crippen LogP contribution in [-0.4, -0.2) is 35.5 Å². The molecule has 1 unspecified atom stereocenters. The van der Waals surface area contributed by atoms with Gasteiger partial charge in [-0.25, -0.2) is 4.79 Å². The van der Waals surface area contributed by atoms with Crippen LogP contribution in [0.1, 0.15) is 18.9 Å². The third kappa shape index (κ3) is 10.00. The van der Waals surface area contributed by atoms with Gasteiger partial charge in [0.05, 0.1) is 0 Å². The third-order valence-corrected chi connectivity index (χ3v) is 2.15. The zero-order valence-electron chi connectivity index (χ0n) is 11.3. The molecule has 0 saturated carbocycles. The lowest BCUT2D eigenvalue weighted by Gasteiger charge is -2.01. The lowest BCUT2D eigenvalue weighted by atomic mass is 10.1. The molecule has 0 fully saturated rings. The molecule has 1 rings (SSSR count). The van der Waals surface area contributed by atoms with Crippen LogP contribution in [0.15, 0.2) is 43.0 Å². The number of carbonyl (C=O) groups excluding carboxylic acids is 1. The molecule has 1 aromatic rings. The van der Waals surface area contributed by atoms with Gasteiger partial charge < -0.3 is 14.9 Å². The van der Waals surface area contributed by atoms with Crippen molar-refractivity contribution < 1.29 is 19.7 Å². The number of aliphatic hydroxyl groups is 2. The summed E-state index contributed by atoms with van der Waals surface area (Å²) >= 11 is 0. The molecule has 0 spiro atoms. The highest BCUT2D eigenvalue weighted by Gasteiger charge is 2.07. The molecule has 4 nitrogen and oxygen atoms in total. The summed E-state index contributed by atoms with van der Waals surface area (Å²) in [5.74, 6) is -0.616. The van der Waals surface area contributed by atoms with Crippen LogP contribution in [0.25, 0.3) is 0 Å². The van der Waals surface area contributed by atoms with E-state index in [1.807, 2.05) is 18.2 Å². The second kappa shape index (κ2) is 11.4. The first-order valence-corrected chi connectivity index (χ1v) is 6.22. The van der Waals surface area contributed by atoms with Crippen LogP contribution in [0.2, 0.25) is 0 Å². The van der Waals surface area contributed by atoms with Crippen molar-refractivity contribution in [3.05, 3.63) is 48.6 Å². The Bertz CT molecular complexity index is 346. The van der Waals surface area contributed by atoms with Crippen molar-refractivity contribution in [2.24, 2.45) is 0 Å². The lowest BCUT2D eigenvalue weighted by molar-refractivity contribution is -0.151. The summed E-state index contributed by atoms with van der Waals surface area (Å²) in [6, 6.07) is 10.2. The first-order valence-electron chi connectivity index (χ1n) is 6.22. The van der Waals surface area contributed by atoms with Crippen molar-refractivity contribution in [2.75, 3.05) is 13.2 Å². The number of rotatable bonds is 6. The van der Waals surface area contributed by atoms with Crippen LogP contribution in [0.3, 0.4) is 0 Å².